The molecule has 0 saturated carbocycles. The molecule has 0 bridgehead atoms. The van der Waals surface area contributed by atoms with Crippen LogP contribution in [0.25, 0.3) is 0 Å². The lowest BCUT2D eigenvalue weighted by Crippen LogP contribution is -2.20. The van der Waals surface area contributed by atoms with Crippen LogP contribution in [0, 0.1) is 20.8 Å². The molecule has 1 aromatic heterocycles. The summed E-state index contributed by atoms with van der Waals surface area (Å²) in [6.45, 7) is 11.8. The van der Waals surface area contributed by atoms with Crippen LogP contribution in [0.4, 0.5) is 0 Å². The average Bonchev–Trinajstić information content (AvgIpc) is 2.48. The Kier molecular flexibility index (Phi) is 5.13. The highest BCUT2D eigenvalue weighted by Crippen LogP contribution is 2.22. The highest BCUT2D eigenvalue weighted by atomic mass is 14.9. The first-order valence-electron chi connectivity index (χ1n) is 7.76. The van der Waals surface area contributed by atoms with E-state index in [2.05, 4.69) is 63.1 Å². The van der Waals surface area contributed by atoms with Gasteiger partial charge < -0.3 is 5.32 Å². The third-order valence-corrected chi connectivity index (χ3v) is 4.29. The van der Waals surface area contributed by atoms with Crippen LogP contribution in [0.2, 0.25) is 0 Å². The molecule has 0 saturated heterocycles. The zero-order valence-electron chi connectivity index (χ0n) is 13.8. The quantitative estimate of drug-likeness (QED) is 0.878. The Morgan fingerprint density at radius 3 is 2.52 bits per heavy atom. The number of nitrogens with one attached hydrogen (secondary N) is 1. The summed E-state index contributed by atoms with van der Waals surface area (Å²) in [6, 6.07) is 9.09. The first-order valence-corrected chi connectivity index (χ1v) is 7.76. The highest BCUT2D eigenvalue weighted by Gasteiger charge is 2.11. The molecule has 0 amide bonds. The maximum absolute atomic E-state index is 4.51. The first kappa shape index (κ1) is 15.7. The molecule has 0 radical (unpaired) electrons. The monoisotopic (exact) mass is 282 g/mol. The van der Waals surface area contributed by atoms with Crippen molar-refractivity contribution >= 4 is 0 Å². The second-order valence-corrected chi connectivity index (χ2v) is 5.86. The number of benzene rings is 1. The van der Waals surface area contributed by atoms with Crippen LogP contribution < -0.4 is 5.32 Å². The van der Waals surface area contributed by atoms with Gasteiger partial charge in [-0.3, -0.25) is 4.98 Å². The van der Waals surface area contributed by atoms with Crippen molar-refractivity contribution in [2.45, 2.75) is 53.6 Å². The van der Waals surface area contributed by atoms with Gasteiger partial charge in [0.1, 0.15) is 0 Å². The van der Waals surface area contributed by atoms with E-state index in [4.69, 9.17) is 0 Å². The van der Waals surface area contributed by atoms with Crippen LogP contribution in [0.3, 0.4) is 0 Å². The number of pyridine rings is 1. The number of hydrogen-bond acceptors (Lipinski definition) is 2. The van der Waals surface area contributed by atoms with E-state index in [0.717, 1.165) is 18.7 Å². The van der Waals surface area contributed by atoms with Crippen LogP contribution in [-0.4, -0.2) is 4.98 Å². The smallest absolute Gasteiger partial charge is 0.0573 e. The van der Waals surface area contributed by atoms with Crippen molar-refractivity contribution in [3.05, 3.63) is 64.0 Å². The number of aryl methyl sites for hydroxylation is 4. The summed E-state index contributed by atoms with van der Waals surface area (Å²) in [6.07, 6.45) is 2.91. The van der Waals surface area contributed by atoms with Crippen LogP contribution >= 0.6 is 0 Å². The summed E-state index contributed by atoms with van der Waals surface area (Å²) in [4.78, 5) is 4.51. The number of rotatable bonds is 5. The van der Waals surface area contributed by atoms with E-state index in [0.29, 0.717) is 6.04 Å². The molecule has 2 heteroatoms. The molecule has 0 spiro atoms. The Hall–Kier alpha value is -1.67. The molecule has 1 N–H and O–H groups in total. The van der Waals surface area contributed by atoms with Crippen molar-refractivity contribution in [1.82, 2.24) is 10.3 Å². The summed E-state index contributed by atoms with van der Waals surface area (Å²) >= 11 is 0. The summed E-state index contributed by atoms with van der Waals surface area (Å²) in [5, 5.41) is 3.61. The number of aromatic nitrogens is 1. The molecule has 0 aliphatic carbocycles. The molecular formula is C19H26N2. The molecule has 1 heterocycles. The van der Waals surface area contributed by atoms with Crippen LogP contribution in [-0.2, 0) is 13.0 Å². The summed E-state index contributed by atoms with van der Waals surface area (Å²) in [7, 11) is 0. The van der Waals surface area contributed by atoms with E-state index in [1.165, 1.54) is 27.8 Å². The largest absolute Gasteiger partial charge is 0.305 e. The van der Waals surface area contributed by atoms with Crippen LogP contribution in [0.15, 0.2) is 30.5 Å². The lowest BCUT2D eigenvalue weighted by Gasteiger charge is -2.19. The highest BCUT2D eigenvalue weighted by molar-refractivity contribution is 5.38. The lowest BCUT2D eigenvalue weighted by molar-refractivity contribution is 0.562. The van der Waals surface area contributed by atoms with Crippen molar-refractivity contribution in [3.8, 4) is 0 Å². The molecule has 2 aromatic rings. The normalized spacial score (nSPS) is 12.4. The first-order chi connectivity index (χ1) is 10.0. The van der Waals surface area contributed by atoms with Gasteiger partial charge in [-0.05, 0) is 68.0 Å². The minimum Gasteiger partial charge on any atom is -0.305 e. The maximum atomic E-state index is 4.51. The van der Waals surface area contributed by atoms with Crippen molar-refractivity contribution in [2.24, 2.45) is 0 Å². The lowest BCUT2D eigenvalue weighted by atomic mass is 9.96. The molecule has 0 fully saturated rings. The minimum atomic E-state index is 0.330. The van der Waals surface area contributed by atoms with Gasteiger partial charge in [0.2, 0.25) is 0 Å². The fourth-order valence-electron chi connectivity index (χ4n) is 2.76. The van der Waals surface area contributed by atoms with E-state index in [-0.39, 0.29) is 0 Å². The summed E-state index contributed by atoms with van der Waals surface area (Å²) in [5.41, 5.74) is 7.95. The Balaban J connectivity index is 2.12. The number of nitrogens with zero attached hydrogens (tertiary/aromatic N) is 1. The topological polar surface area (TPSA) is 24.9 Å². The molecule has 2 nitrogen and oxygen atoms in total. The SMILES string of the molecule is CCc1cccnc1CNC(C)c1cc(C)c(C)cc1C. The predicted molar refractivity (Wildman–Crippen MR) is 89.5 cm³/mol. The van der Waals surface area contributed by atoms with Gasteiger partial charge in [0.25, 0.3) is 0 Å². The second-order valence-electron chi connectivity index (χ2n) is 5.86. The fraction of sp³-hybridized carbons (Fsp3) is 0.421. The minimum absolute atomic E-state index is 0.330. The fourth-order valence-corrected chi connectivity index (χ4v) is 2.76. The van der Waals surface area contributed by atoms with Gasteiger partial charge in [-0.2, -0.15) is 0 Å². The summed E-state index contributed by atoms with van der Waals surface area (Å²) in [5.74, 6) is 0. The summed E-state index contributed by atoms with van der Waals surface area (Å²) < 4.78 is 0. The van der Waals surface area contributed by atoms with Gasteiger partial charge in [-0.1, -0.05) is 25.1 Å². The van der Waals surface area contributed by atoms with Crippen molar-refractivity contribution in [1.29, 1.82) is 0 Å². The second kappa shape index (κ2) is 6.86. The molecule has 0 aliphatic rings. The maximum Gasteiger partial charge on any atom is 0.0573 e. The van der Waals surface area contributed by atoms with E-state index < -0.39 is 0 Å². The van der Waals surface area contributed by atoms with Gasteiger partial charge in [0.15, 0.2) is 0 Å². The van der Waals surface area contributed by atoms with Gasteiger partial charge in [0.05, 0.1) is 5.69 Å². The van der Waals surface area contributed by atoms with Crippen LogP contribution in [0.5, 0.6) is 0 Å². The predicted octanol–water partition coefficient (Wildman–Crippen LogP) is 4.42. The third-order valence-electron chi connectivity index (χ3n) is 4.29. The van der Waals surface area contributed by atoms with Crippen molar-refractivity contribution < 1.29 is 0 Å². The molecule has 0 aliphatic heterocycles. The standard InChI is InChI=1S/C19H26N2/c1-6-17-8-7-9-20-19(17)12-21-16(5)18-11-14(3)13(2)10-15(18)4/h7-11,16,21H,6,12H2,1-5H3. The molecule has 21 heavy (non-hydrogen) atoms. The van der Waals surface area contributed by atoms with E-state index in [1.807, 2.05) is 12.3 Å². The number of hydrogen-bond donors (Lipinski definition) is 1. The Labute approximate surface area is 128 Å². The third kappa shape index (κ3) is 3.70. The Morgan fingerprint density at radius 2 is 1.81 bits per heavy atom. The average molecular weight is 282 g/mol. The molecule has 1 atom stereocenters. The van der Waals surface area contributed by atoms with E-state index >= 15 is 0 Å². The molecule has 1 aromatic carbocycles. The van der Waals surface area contributed by atoms with Gasteiger partial charge >= 0.3 is 0 Å². The molecule has 112 valence electrons. The van der Waals surface area contributed by atoms with Crippen molar-refractivity contribution in [3.63, 3.8) is 0 Å². The molecule has 1 unspecified atom stereocenters. The van der Waals surface area contributed by atoms with Crippen molar-refractivity contribution in [2.75, 3.05) is 0 Å². The zero-order chi connectivity index (χ0) is 15.4. The molecular weight excluding hydrogens is 256 g/mol. The van der Waals surface area contributed by atoms with Gasteiger partial charge in [0, 0.05) is 18.8 Å². The van der Waals surface area contributed by atoms with Crippen LogP contribution in [0.1, 0.15) is 53.4 Å². The van der Waals surface area contributed by atoms with Gasteiger partial charge in [-0.25, -0.2) is 0 Å². The van der Waals surface area contributed by atoms with E-state index in [1.54, 1.807) is 0 Å². The van der Waals surface area contributed by atoms with E-state index in [9.17, 15) is 0 Å². The Morgan fingerprint density at radius 1 is 1.10 bits per heavy atom. The molecule has 2 rings (SSSR count). The Bertz CT molecular complexity index is 617. The van der Waals surface area contributed by atoms with Gasteiger partial charge in [-0.15, -0.1) is 0 Å². The zero-order valence-corrected chi connectivity index (χ0v) is 13.8.